The fourth-order valence-corrected chi connectivity index (χ4v) is 10.5. The summed E-state index contributed by atoms with van der Waals surface area (Å²) in [7, 11) is 1.38. The molecule has 10 rings (SSSR count). The number of pyridine rings is 2. The van der Waals surface area contributed by atoms with Gasteiger partial charge in [-0.05, 0) is 57.9 Å². The van der Waals surface area contributed by atoms with Crippen LogP contribution in [0.5, 0.6) is 11.8 Å². The molecule has 2 fully saturated rings. The first-order valence-electron chi connectivity index (χ1n) is 23.8. The highest BCUT2D eigenvalue weighted by atomic mass is 19.1. The molecule has 20 heteroatoms. The molecule has 0 spiro atoms. The minimum absolute atomic E-state index is 0.0772. The second-order valence-electron chi connectivity index (χ2n) is 18.8. The van der Waals surface area contributed by atoms with Gasteiger partial charge in [0.25, 0.3) is 5.88 Å². The average molecular weight is 939 g/mol. The number of fused-ring (bicyclic) bond motifs is 2. The van der Waals surface area contributed by atoms with Crippen molar-refractivity contribution in [3.05, 3.63) is 83.5 Å². The van der Waals surface area contributed by atoms with Crippen LogP contribution in [0.2, 0.25) is 0 Å². The lowest BCUT2D eigenvalue weighted by atomic mass is 10.0. The number of ether oxygens (including phenoxy) is 4. The predicted octanol–water partition coefficient (Wildman–Crippen LogP) is 3.95. The Balaban J connectivity index is 0.814. The van der Waals surface area contributed by atoms with E-state index in [1.54, 1.807) is 28.7 Å². The molecule has 0 radical (unpaired) electrons. The number of halogens is 2. The Kier molecular flexibility index (Phi) is 13.7. The minimum Gasteiger partial charge on any atom is -0.479 e. The molecule has 4 aliphatic rings. The van der Waals surface area contributed by atoms with Gasteiger partial charge in [0, 0.05) is 105 Å². The summed E-state index contributed by atoms with van der Waals surface area (Å²) in [6.45, 7) is 11.1. The maximum absolute atomic E-state index is 16.0. The number of rotatable bonds is 16. The van der Waals surface area contributed by atoms with Crippen LogP contribution in [-0.2, 0) is 48.2 Å². The normalized spacial score (nSPS) is 21.1. The first-order chi connectivity index (χ1) is 33.1. The van der Waals surface area contributed by atoms with E-state index in [2.05, 4.69) is 19.8 Å². The van der Waals surface area contributed by atoms with Gasteiger partial charge in [0.2, 0.25) is 5.88 Å². The number of aliphatic hydroxyl groups is 2. The third-order valence-electron chi connectivity index (χ3n) is 13.5. The van der Waals surface area contributed by atoms with Gasteiger partial charge in [-0.1, -0.05) is 0 Å². The summed E-state index contributed by atoms with van der Waals surface area (Å²) in [5.74, 6) is -0.713. The topological polar surface area (TPSA) is 181 Å². The van der Waals surface area contributed by atoms with Crippen LogP contribution < -0.4 is 9.47 Å². The summed E-state index contributed by atoms with van der Waals surface area (Å²) >= 11 is 0. The smallest absolute Gasteiger partial charge is 0.250 e. The SMILES string of the molecule is COc1ncc(-n2nc(-c3cnn(C[C@@H]4CC(COc5ncc(-n6nc(-c7cnn(C[C@H]8CCN(C[C@@H](C)O)C8)c7)c7c6CCOCC7)cc5F)N(C[C@@H](C)O)C4)c3)c3c2CCOCC3)cc1F. The molecule has 0 aliphatic carbocycles. The second-order valence-corrected chi connectivity index (χ2v) is 18.8. The number of nitrogens with zero attached hydrogens (tertiary/aromatic N) is 12. The largest absolute Gasteiger partial charge is 0.479 e. The summed E-state index contributed by atoms with van der Waals surface area (Å²) in [6, 6.07) is 2.70. The molecule has 5 atom stereocenters. The van der Waals surface area contributed by atoms with Crippen LogP contribution >= 0.6 is 0 Å². The molecule has 18 nitrogen and oxygen atoms in total. The molecule has 0 aromatic carbocycles. The van der Waals surface area contributed by atoms with E-state index in [-0.39, 0.29) is 36.4 Å². The summed E-state index contributed by atoms with van der Waals surface area (Å²) in [5.41, 5.74) is 8.31. The molecule has 362 valence electrons. The van der Waals surface area contributed by atoms with Crippen LogP contribution in [0.15, 0.2) is 49.3 Å². The quantitative estimate of drug-likeness (QED) is 0.143. The van der Waals surface area contributed by atoms with Crippen LogP contribution in [0.25, 0.3) is 33.9 Å². The van der Waals surface area contributed by atoms with E-state index >= 15 is 4.39 Å². The highest BCUT2D eigenvalue weighted by Gasteiger charge is 2.35. The molecular weight excluding hydrogens is 879 g/mol. The molecule has 10 heterocycles. The number of aromatic nitrogens is 10. The van der Waals surface area contributed by atoms with E-state index in [1.807, 2.05) is 41.1 Å². The van der Waals surface area contributed by atoms with Gasteiger partial charge in [0.1, 0.15) is 6.61 Å². The zero-order chi connectivity index (χ0) is 46.9. The highest BCUT2D eigenvalue weighted by Crippen LogP contribution is 2.34. The molecule has 6 aromatic rings. The van der Waals surface area contributed by atoms with E-state index in [9.17, 15) is 14.6 Å². The molecule has 0 bridgehead atoms. The van der Waals surface area contributed by atoms with Crippen molar-refractivity contribution in [2.45, 2.75) is 83.7 Å². The van der Waals surface area contributed by atoms with Gasteiger partial charge in [0.05, 0.1) is 105 Å². The maximum atomic E-state index is 16.0. The zero-order valence-corrected chi connectivity index (χ0v) is 38.9. The van der Waals surface area contributed by atoms with Gasteiger partial charge in [-0.2, -0.15) is 20.4 Å². The van der Waals surface area contributed by atoms with Crippen LogP contribution in [0, 0.1) is 23.5 Å². The summed E-state index contributed by atoms with van der Waals surface area (Å²) in [5, 5.41) is 39.8. The van der Waals surface area contributed by atoms with Crippen LogP contribution in [-0.4, -0.2) is 160 Å². The van der Waals surface area contributed by atoms with E-state index in [4.69, 9.17) is 39.3 Å². The molecule has 4 aliphatic heterocycles. The predicted molar refractivity (Wildman–Crippen MR) is 245 cm³/mol. The highest BCUT2D eigenvalue weighted by molar-refractivity contribution is 5.65. The lowest BCUT2D eigenvalue weighted by Crippen LogP contribution is -2.38. The summed E-state index contributed by atoms with van der Waals surface area (Å²) in [4.78, 5) is 13.1. The van der Waals surface area contributed by atoms with Crippen molar-refractivity contribution < 1.29 is 37.9 Å². The molecule has 68 heavy (non-hydrogen) atoms. The molecule has 2 N–H and O–H groups in total. The van der Waals surface area contributed by atoms with Crippen molar-refractivity contribution in [3.63, 3.8) is 0 Å². The third kappa shape index (κ3) is 9.93. The molecule has 0 amide bonds. The molecule has 0 saturated carbocycles. The van der Waals surface area contributed by atoms with Crippen molar-refractivity contribution in [1.29, 1.82) is 0 Å². The summed E-state index contributed by atoms with van der Waals surface area (Å²) in [6.07, 6.45) is 14.3. The Hall–Kier alpha value is -5.64. The van der Waals surface area contributed by atoms with Gasteiger partial charge in [0.15, 0.2) is 11.6 Å². The number of hydrogen-bond acceptors (Lipinski definition) is 14. The van der Waals surface area contributed by atoms with Gasteiger partial charge in [-0.25, -0.2) is 28.1 Å². The zero-order valence-electron chi connectivity index (χ0n) is 38.9. The molecular formula is C48H60F2N12O6. The molecule has 2 saturated heterocycles. The number of β-amino-alcohol motifs (C(OH)–C–C–N with tert-alkyl or cyclic N) is 2. The minimum atomic E-state index is -0.590. The number of hydrogen-bond donors (Lipinski definition) is 2. The first kappa shape index (κ1) is 46.1. The van der Waals surface area contributed by atoms with Gasteiger partial charge < -0.3 is 34.1 Å². The Labute approximate surface area is 393 Å². The third-order valence-corrected chi connectivity index (χ3v) is 13.5. The van der Waals surface area contributed by atoms with Crippen molar-refractivity contribution in [3.8, 4) is 45.6 Å². The van der Waals surface area contributed by atoms with E-state index < -0.39 is 17.7 Å². The van der Waals surface area contributed by atoms with E-state index in [1.165, 1.54) is 19.2 Å². The monoisotopic (exact) mass is 938 g/mol. The second kappa shape index (κ2) is 20.1. The lowest BCUT2D eigenvalue weighted by molar-refractivity contribution is 0.0969. The van der Waals surface area contributed by atoms with Crippen molar-refractivity contribution in [2.24, 2.45) is 11.8 Å². The van der Waals surface area contributed by atoms with Crippen LogP contribution in [0.4, 0.5) is 8.78 Å². The number of methoxy groups -OCH3 is 1. The molecule has 1 unspecified atom stereocenters. The Bertz CT molecular complexity index is 2700. The maximum Gasteiger partial charge on any atom is 0.250 e. The van der Waals surface area contributed by atoms with Crippen LogP contribution in [0.3, 0.4) is 0 Å². The van der Waals surface area contributed by atoms with Crippen molar-refractivity contribution in [2.75, 3.05) is 72.9 Å². The van der Waals surface area contributed by atoms with Gasteiger partial charge in [-0.3, -0.25) is 14.3 Å². The number of aliphatic hydroxyl groups excluding tert-OH is 2. The molecule has 6 aromatic heterocycles. The van der Waals surface area contributed by atoms with E-state index in [0.29, 0.717) is 95.6 Å². The number of likely N-dealkylation sites (tertiary alicyclic amines) is 2. The average Bonchev–Trinajstić information content (AvgIpc) is 4.18. The van der Waals surface area contributed by atoms with Gasteiger partial charge >= 0.3 is 0 Å². The standard InChI is InChI=1S/C48H60F2N12O6/c1-30(63)21-57-9-4-32(23-57)25-59-27-34(17-53-59)45-40-6-11-67-13-8-44(40)62(56-45)37-16-42(50)48(52-20-37)68-29-38-14-33(24-58(38)22-31(2)64)26-60-28-35(18-54-60)46-39-5-10-66-12-7-43(39)61(55-46)36-15-41(49)47(65-3)51-19-36/h15-20,27-28,30-33,38,63-64H,4-14,21-26,29H2,1-3H3/t30-,31-,32+,33-,38?/m1/s1. The van der Waals surface area contributed by atoms with Gasteiger partial charge in [-0.15, -0.1) is 0 Å². The fraction of sp³-hybridized carbons (Fsp3) is 0.542. The fourth-order valence-electron chi connectivity index (χ4n) is 10.5. The Morgan fingerprint density at radius 1 is 0.721 bits per heavy atom. The summed E-state index contributed by atoms with van der Waals surface area (Å²) < 4.78 is 61.1. The lowest BCUT2D eigenvalue weighted by Gasteiger charge is -2.25. The van der Waals surface area contributed by atoms with Crippen molar-refractivity contribution >= 4 is 0 Å². The Morgan fingerprint density at radius 2 is 1.28 bits per heavy atom. The first-order valence-corrected chi connectivity index (χ1v) is 23.8. The van der Waals surface area contributed by atoms with Crippen LogP contribution in [0.1, 0.15) is 49.2 Å². The van der Waals surface area contributed by atoms with E-state index in [0.717, 1.165) is 77.5 Å². The Morgan fingerprint density at radius 3 is 1.84 bits per heavy atom. The van der Waals surface area contributed by atoms with Crippen molar-refractivity contribution in [1.82, 2.24) is 58.9 Å².